The van der Waals surface area contributed by atoms with Gasteiger partial charge in [-0.15, -0.1) is 0 Å². The molecule has 2 rings (SSSR count). The van der Waals surface area contributed by atoms with E-state index >= 15 is 0 Å². The Labute approximate surface area is 138 Å². The van der Waals surface area contributed by atoms with Crippen LogP contribution in [0.4, 0.5) is 0 Å². The molecular weight excluding hydrogens is 290 g/mol. The summed E-state index contributed by atoms with van der Waals surface area (Å²) in [5.41, 5.74) is 2.58. The lowest BCUT2D eigenvalue weighted by Crippen LogP contribution is -3.07. The molecule has 0 bridgehead atoms. The summed E-state index contributed by atoms with van der Waals surface area (Å²) in [7, 11) is 7.23. The Morgan fingerprint density at radius 1 is 0.783 bits per heavy atom. The maximum Gasteiger partial charge on any atom is 0.160 e. The summed E-state index contributed by atoms with van der Waals surface area (Å²) in [5.74, 6) is 2.46. The van der Waals surface area contributed by atoms with Crippen LogP contribution in [0.15, 0.2) is 42.5 Å². The van der Waals surface area contributed by atoms with Gasteiger partial charge in [0.15, 0.2) is 11.5 Å². The first-order valence-corrected chi connectivity index (χ1v) is 7.81. The van der Waals surface area contributed by atoms with Gasteiger partial charge in [0.1, 0.15) is 12.3 Å². The third-order valence-corrected chi connectivity index (χ3v) is 3.95. The van der Waals surface area contributed by atoms with Gasteiger partial charge in [0.2, 0.25) is 0 Å². The third kappa shape index (κ3) is 4.89. The topological polar surface area (TPSA) is 32.1 Å². The number of ether oxygens (including phenoxy) is 3. The highest BCUT2D eigenvalue weighted by molar-refractivity contribution is 5.42. The number of nitrogens with one attached hydrogen (secondary N) is 1. The van der Waals surface area contributed by atoms with Crippen LogP contribution in [0.1, 0.15) is 11.1 Å². The van der Waals surface area contributed by atoms with Crippen molar-refractivity contribution in [3.8, 4) is 17.2 Å². The molecule has 2 aromatic rings. The molecule has 4 heteroatoms. The minimum Gasteiger partial charge on any atom is -0.497 e. The number of hydrogen-bond donors (Lipinski definition) is 1. The van der Waals surface area contributed by atoms with E-state index in [2.05, 4.69) is 31.3 Å². The zero-order chi connectivity index (χ0) is 16.7. The normalized spacial score (nSPS) is 11.8. The van der Waals surface area contributed by atoms with Gasteiger partial charge >= 0.3 is 0 Å². The molecule has 1 N–H and O–H groups in total. The molecule has 0 saturated heterocycles. The van der Waals surface area contributed by atoms with E-state index in [1.165, 1.54) is 16.0 Å². The molecule has 0 aliphatic carbocycles. The fraction of sp³-hybridized carbons (Fsp3) is 0.368. The lowest BCUT2D eigenvalue weighted by atomic mass is 10.1. The van der Waals surface area contributed by atoms with Crippen molar-refractivity contribution in [3.63, 3.8) is 0 Å². The summed E-state index contributed by atoms with van der Waals surface area (Å²) in [5, 5.41) is 0. The molecule has 124 valence electrons. The summed E-state index contributed by atoms with van der Waals surface area (Å²) in [4.78, 5) is 1.46. The molecule has 1 atom stereocenters. The van der Waals surface area contributed by atoms with E-state index in [9.17, 15) is 0 Å². The van der Waals surface area contributed by atoms with E-state index in [4.69, 9.17) is 14.2 Å². The molecule has 0 heterocycles. The molecule has 0 saturated carbocycles. The summed E-state index contributed by atoms with van der Waals surface area (Å²) in [6.07, 6.45) is 1.00. The number of quaternary nitrogens is 1. The molecule has 4 nitrogen and oxygen atoms in total. The van der Waals surface area contributed by atoms with Crippen LogP contribution in [0.3, 0.4) is 0 Å². The Morgan fingerprint density at radius 3 is 2.04 bits per heavy atom. The smallest absolute Gasteiger partial charge is 0.160 e. The fourth-order valence-corrected chi connectivity index (χ4v) is 2.57. The second-order valence-electron chi connectivity index (χ2n) is 5.67. The SMILES string of the molecule is COc1ccc(C[NH+](C)CCc2ccc(OC)c(OC)c2)cc1. The number of methoxy groups -OCH3 is 3. The number of hydrogen-bond acceptors (Lipinski definition) is 3. The monoisotopic (exact) mass is 316 g/mol. The van der Waals surface area contributed by atoms with E-state index < -0.39 is 0 Å². The van der Waals surface area contributed by atoms with E-state index in [0.717, 1.165) is 36.8 Å². The minimum atomic E-state index is 0.773. The van der Waals surface area contributed by atoms with Gasteiger partial charge in [0, 0.05) is 12.0 Å². The maximum atomic E-state index is 5.36. The molecule has 2 aromatic carbocycles. The van der Waals surface area contributed by atoms with Crippen molar-refractivity contribution >= 4 is 0 Å². The lowest BCUT2D eigenvalue weighted by molar-refractivity contribution is -0.893. The van der Waals surface area contributed by atoms with Crippen molar-refractivity contribution in [1.29, 1.82) is 0 Å². The Morgan fingerprint density at radius 2 is 1.43 bits per heavy atom. The van der Waals surface area contributed by atoms with Crippen molar-refractivity contribution in [2.24, 2.45) is 0 Å². The van der Waals surface area contributed by atoms with Crippen molar-refractivity contribution in [2.75, 3.05) is 34.9 Å². The Balaban J connectivity index is 1.89. The van der Waals surface area contributed by atoms with Gasteiger partial charge in [-0.05, 0) is 42.0 Å². The predicted molar refractivity (Wildman–Crippen MR) is 91.7 cm³/mol. The quantitative estimate of drug-likeness (QED) is 0.808. The average molecular weight is 316 g/mol. The summed E-state index contributed by atoms with van der Waals surface area (Å²) >= 11 is 0. The van der Waals surface area contributed by atoms with Crippen LogP contribution in [-0.4, -0.2) is 34.9 Å². The average Bonchev–Trinajstić information content (AvgIpc) is 2.60. The zero-order valence-electron chi connectivity index (χ0n) is 14.4. The third-order valence-electron chi connectivity index (χ3n) is 3.95. The van der Waals surface area contributed by atoms with Gasteiger partial charge < -0.3 is 19.1 Å². The summed E-state index contributed by atoms with van der Waals surface area (Å²) in [6.45, 7) is 2.05. The maximum absolute atomic E-state index is 5.36. The molecule has 0 aliphatic heterocycles. The number of rotatable bonds is 8. The van der Waals surface area contributed by atoms with Crippen LogP contribution in [-0.2, 0) is 13.0 Å². The van der Waals surface area contributed by atoms with Crippen molar-refractivity contribution < 1.29 is 19.1 Å². The number of likely N-dealkylation sites (N-methyl/N-ethyl adjacent to an activating group) is 1. The highest BCUT2D eigenvalue weighted by Gasteiger charge is 2.08. The Kier molecular flexibility index (Phi) is 6.29. The minimum absolute atomic E-state index is 0.773. The van der Waals surface area contributed by atoms with E-state index in [-0.39, 0.29) is 0 Å². The largest absolute Gasteiger partial charge is 0.497 e. The second-order valence-corrected chi connectivity index (χ2v) is 5.67. The highest BCUT2D eigenvalue weighted by Crippen LogP contribution is 2.27. The van der Waals surface area contributed by atoms with E-state index in [1.807, 2.05) is 18.2 Å². The van der Waals surface area contributed by atoms with Crippen LogP contribution < -0.4 is 19.1 Å². The molecule has 0 amide bonds. The highest BCUT2D eigenvalue weighted by atomic mass is 16.5. The second kappa shape index (κ2) is 8.44. The molecule has 0 spiro atoms. The van der Waals surface area contributed by atoms with Crippen molar-refractivity contribution in [1.82, 2.24) is 0 Å². The van der Waals surface area contributed by atoms with Gasteiger partial charge in [-0.2, -0.15) is 0 Å². The Bertz CT molecular complexity index is 611. The van der Waals surface area contributed by atoms with Crippen LogP contribution in [0, 0.1) is 0 Å². The first kappa shape index (κ1) is 17.2. The molecule has 23 heavy (non-hydrogen) atoms. The number of benzene rings is 2. The van der Waals surface area contributed by atoms with Crippen molar-refractivity contribution in [3.05, 3.63) is 53.6 Å². The summed E-state index contributed by atoms with van der Waals surface area (Å²) in [6, 6.07) is 14.4. The molecule has 1 unspecified atom stereocenters. The first-order chi connectivity index (χ1) is 11.2. The molecular formula is C19H26NO3+. The van der Waals surface area contributed by atoms with Gasteiger partial charge in [-0.3, -0.25) is 0 Å². The van der Waals surface area contributed by atoms with Crippen LogP contribution in [0.5, 0.6) is 17.2 Å². The molecule has 0 fully saturated rings. The first-order valence-electron chi connectivity index (χ1n) is 7.81. The predicted octanol–water partition coefficient (Wildman–Crippen LogP) is 1.97. The van der Waals surface area contributed by atoms with Crippen LogP contribution in [0.25, 0.3) is 0 Å². The molecule has 0 aliphatic rings. The Hall–Kier alpha value is -2.20. The lowest BCUT2D eigenvalue weighted by Gasteiger charge is -2.15. The van der Waals surface area contributed by atoms with Crippen LogP contribution >= 0.6 is 0 Å². The van der Waals surface area contributed by atoms with Gasteiger partial charge in [-0.1, -0.05) is 6.07 Å². The fourth-order valence-electron chi connectivity index (χ4n) is 2.57. The van der Waals surface area contributed by atoms with Gasteiger partial charge in [0.05, 0.1) is 34.9 Å². The van der Waals surface area contributed by atoms with Gasteiger partial charge in [-0.25, -0.2) is 0 Å². The van der Waals surface area contributed by atoms with E-state index in [0.29, 0.717) is 0 Å². The summed E-state index contributed by atoms with van der Waals surface area (Å²) < 4.78 is 15.8. The molecule has 0 radical (unpaired) electrons. The van der Waals surface area contributed by atoms with Crippen LogP contribution in [0.2, 0.25) is 0 Å². The zero-order valence-corrected chi connectivity index (χ0v) is 14.4. The van der Waals surface area contributed by atoms with E-state index in [1.54, 1.807) is 21.3 Å². The van der Waals surface area contributed by atoms with Gasteiger partial charge in [0.25, 0.3) is 0 Å². The van der Waals surface area contributed by atoms with Crippen molar-refractivity contribution in [2.45, 2.75) is 13.0 Å². The molecule has 0 aromatic heterocycles. The standard InChI is InChI=1S/C19H25NO3/c1-20(14-16-5-8-17(21-2)9-6-16)12-11-15-7-10-18(22-3)19(13-15)23-4/h5-10,13H,11-12,14H2,1-4H3/p+1.